The highest BCUT2D eigenvalue weighted by Gasteiger charge is 2.29. The minimum Gasteiger partial charge on any atom is -0.391 e. The number of aliphatic hydroxyl groups is 1. The van der Waals surface area contributed by atoms with Gasteiger partial charge in [0.2, 0.25) is 0 Å². The molecule has 166 valence electrons. The van der Waals surface area contributed by atoms with Gasteiger partial charge in [-0.25, -0.2) is 8.78 Å². The molecule has 1 aliphatic carbocycles. The minimum absolute atomic E-state index is 0.0190. The Morgan fingerprint density at radius 1 is 1.19 bits per heavy atom. The van der Waals surface area contributed by atoms with Crippen LogP contribution in [-0.4, -0.2) is 37.9 Å². The van der Waals surface area contributed by atoms with Crippen LogP contribution in [-0.2, 0) is 0 Å². The maximum atomic E-state index is 15.0. The number of carbonyl (C=O) groups excluding carboxylic acids is 1. The molecule has 2 heterocycles. The van der Waals surface area contributed by atoms with Crippen molar-refractivity contribution in [1.29, 1.82) is 0 Å². The van der Waals surface area contributed by atoms with Crippen LogP contribution in [0.4, 0.5) is 8.78 Å². The van der Waals surface area contributed by atoms with Crippen molar-refractivity contribution in [3.8, 4) is 0 Å². The molecule has 1 aliphatic rings. The number of hydrogen-bond acceptors (Lipinski definition) is 3. The number of aromatic nitrogens is 3. The Kier molecular flexibility index (Phi) is 5.17. The number of H-pyrrole nitrogens is 1. The highest BCUT2D eigenvalue weighted by molar-refractivity contribution is 6.07. The number of hydrogen-bond donors (Lipinski definition) is 3. The largest absolute Gasteiger partial charge is 0.391 e. The first kappa shape index (κ1) is 20.6. The van der Waals surface area contributed by atoms with Crippen LogP contribution < -0.4 is 5.32 Å². The summed E-state index contributed by atoms with van der Waals surface area (Å²) in [6.07, 6.45) is 3.91. The number of benzene rings is 2. The van der Waals surface area contributed by atoms with E-state index in [-0.39, 0.29) is 16.5 Å². The molecule has 8 heteroatoms. The van der Waals surface area contributed by atoms with Gasteiger partial charge in [-0.05, 0) is 38.0 Å². The van der Waals surface area contributed by atoms with Crippen molar-refractivity contribution < 1.29 is 18.7 Å². The topological polar surface area (TPSA) is 82.9 Å². The molecular formula is C24H24F2N4O2. The highest BCUT2D eigenvalue weighted by atomic mass is 19.1. The third kappa shape index (κ3) is 3.35. The number of carbonyl (C=O) groups is 1. The first-order chi connectivity index (χ1) is 15.5. The Bertz CT molecular complexity index is 1310. The van der Waals surface area contributed by atoms with Crippen molar-refractivity contribution in [1.82, 2.24) is 20.1 Å². The Morgan fingerprint density at radius 3 is 2.75 bits per heavy atom. The lowest BCUT2D eigenvalue weighted by atomic mass is 9.92. The van der Waals surface area contributed by atoms with Crippen LogP contribution in [0.2, 0.25) is 0 Å². The zero-order valence-corrected chi connectivity index (χ0v) is 17.6. The molecule has 4 aromatic rings. The zero-order valence-electron chi connectivity index (χ0n) is 17.6. The first-order valence-electron chi connectivity index (χ1n) is 10.9. The van der Waals surface area contributed by atoms with E-state index < -0.39 is 35.7 Å². The van der Waals surface area contributed by atoms with Crippen LogP contribution in [0.15, 0.2) is 42.6 Å². The maximum absolute atomic E-state index is 15.0. The Labute approximate surface area is 183 Å². The summed E-state index contributed by atoms with van der Waals surface area (Å²) >= 11 is 0. The number of para-hydroxylation sites is 1. The average molecular weight is 438 g/mol. The van der Waals surface area contributed by atoms with Crippen molar-refractivity contribution in [3.63, 3.8) is 0 Å². The van der Waals surface area contributed by atoms with Gasteiger partial charge in [-0.1, -0.05) is 31.0 Å². The van der Waals surface area contributed by atoms with Crippen LogP contribution in [0.25, 0.3) is 21.8 Å². The molecule has 3 N–H and O–H groups in total. The lowest BCUT2D eigenvalue weighted by molar-refractivity contribution is 0.0718. The van der Waals surface area contributed by atoms with Crippen LogP contribution in [0, 0.1) is 11.6 Å². The van der Waals surface area contributed by atoms with E-state index in [0.29, 0.717) is 12.8 Å². The van der Waals surface area contributed by atoms with Gasteiger partial charge in [0.1, 0.15) is 11.6 Å². The Hall–Kier alpha value is -3.26. The Morgan fingerprint density at radius 2 is 1.94 bits per heavy atom. The van der Waals surface area contributed by atoms with Gasteiger partial charge >= 0.3 is 0 Å². The van der Waals surface area contributed by atoms with Gasteiger partial charge in [-0.2, -0.15) is 5.10 Å². The second-order valence-electron chi connectivity index (χ2n) is 8.47. The van der Waals surface area contributed by atoms with E-state index in [1.54, 1.807) is 4.57 Å². The lowest BCUT2D eigenvalue weighted by Crippen LogP contribution is -2.45. The van der Waals surface area contributed by atoms with E-state index in [0.717, 1.165) is 41.6 Å². The van der Waals surface area contributed by atoms with E-state index in [1.807, 2.05) is 31.2 Å². The van der Waals surface area contributed by atoms with Crippen LogP contribution in [0.5, 0.6) is 0 Å². The van der Waals surface area contributed by atoms with Crippen molar-refractivity contribution in [2.75, 3.05) is 0 Å². The fourth-order valence-electron chi connectivity index (χ4n) is 4.76. The van der Waals surface area contributed by atoms with Crippen molar-refractivity contribution in [2.45, 2.75) is 50.8 Å². The second-order valence-corrected chi connectivity index (χ2v) is 8.47. The van der Waals surface area contributed by atoms with Gasteiger partial charge in [0, 0.05) is 11.6 Å². The SMILES string of the molecule is CC(c1[nH]nc2ccccc12)n1cc(C(=O)N[C@H]2CCCC[C@@H]2O)c2c(F)ccc(F)c21. The number of rotatable bonds is 4. The van der Waals surface area contributed by atoms with Gasteiger partial charge in [0.25, 0.3) is 5.91 Å². The molecule has 0 saturated heterocycles. The van der Waals surface area contributed by atoms with E-state index in [9.17, 15) is 18.7 Å². The molecule has 0 aliphatic heterocycles. The second kappa shape index (κ2) is 8.02. The standard InChI is InChI=1S/C24H24F2N4O2/c1-13(22-14-6-2-3-7-18(14)28-29-22)30-12-15(21-16(25)10-11-17(26)23(21)30)24(32)27-19-8-4-5-9-20(19)31/h2-3,6-7,10-13,19-20,31H,4-5,8-9H2,1H3,(H,27,32)(H,28,29)/t13?,19-,20-/m0/s1. The fraction of sp³-hybridized carbons (Fsp3) is 0.333. The van der Waals surface area contributed by atoms with Gasteiger partial charge in [0.15, 0.2) is 0 Å². The number of nitrogens with one attached hydrogen (secondary N) is 2. The van der Waals surface area contributed by atoms with Gasteiger partial charge in [-0.15, -0.1) is 0 Å². The third-order valence-electron chi connectivity index (χ3n) is 6.49. The summed E-state index contributed by atoms with van der Waals surface area (Å²) in [5.74, 6) is -1.81. The summed E-state index contributed by atoms with van der Waals surface area (Å²) in [6, 6.07) is 8.79. The summed E-state index contributed by atoms with van der Waals surface area (Å²) in [6.45, 7) is 1.84. The molecular weight excluding hydrogens is 414 g/mol. The summed E-state index contributed by atoms with van der Waals surface area (Å²) in [5.41, 5.74) is 1.56. The molecule has 2 aromatic carbocycles. The molecule has 1 amide bonds. The van der Waals surface area contributed by atoms with E-state index in [1.165, 1.54) is 6.20 Å². The summed E-state index contributed by atoms with van der Waals surface area (Å²) < 4.78 is 31.4. The smallest absolute Gasteiger partial charge is 0.253 e. The molecule has 0 bridgehead atoms. The molecule has 2 aromatic heterocycles. The molecule has 1 fully saturated rings. The molecule has 5 rings (SSSR count). The van der Waals surface area contributed by atoms with Crippen molar-refractivity contribution in [2.24, 2.45) is 0 Å². The number of fused-ring (bicyclic) bond motifs is 2. The Balaban J connectivity index is 1.61. The van der Waals surface area contributed by atoms with E-state index in [4.69, 9.17) is 0 Å². The maximum Gasteiger partial charge on any atom is 0.253 e. The van der Waals surface area contributed by atoms with Gasteiger partial charge in [-0.3, -0.25) is 9.89 Å². The first-order valence-corrected chi connectivity index (χ1v) is 10.9. The molecule has 32 heavy (non-hydrogen) atoms. The molecule has 0 radical (unpaired) electrons. The third-order valence-corrected chi connectivity index (χ3v) is 6.49. The lowest BCUT2D eigenvalue weighted by Gasteiger charge is -2.28. The van der Waals surface area contributed by atoms with Gasteiger partial charge in [0.05, 0.1) is 45.9 Å². The number of aliphatic hydroxyl groups excluding tert-OH is 1. The monoisotopic (exact) mass is 438 g/mol. The predicted octanol–water partition coefficient (Wildman–Crippen LogP) is 4.44. The molecule has 1 unspecified atom stereocenters. The fourth-order valence-corrected chi connectivity index (χ4v) is 4.76. The minimum atomic E-state index is -0.670. The highest BCUT2D eigenvalue weighted by Crippen LogP contribution is 2.33. The molecule has 3 atom stereocenters. The summed E-state index contributed by atoms with van der Waals surface area (Å²) in [5, 5.41) is 21.2. The quantitative estimate of drug-likeness (QED) is 0.441. The summed E-state index contributed by atoms with van der Waals surface area (Å²) in [4.78, 5) is 13.1. The van der Waals surface area contributed by atoms with Crippen LogP contribution >= 0.6 is 0 Å². The normalized spacial score (nSPS) is 20.0. The number of amides is 1. The summed E-state index contributed by atoms with van der Waals surface area (Å²) in [7, 11) is 0. The van der Waals surface area contributed by atoms with Gasteiger partial charge < -0.3 is 15.0 Å². The van der Waals surface area contributed by atoms with Crippen LogP contribution in [0.1, 0.15) is 54.7 Å². The molecule has 1 saturated carbocycles. The van der Waals surface area contributed by atoms with Crippen molar-refractivity contribution in [3.05, 3.63) is 65.5 Å². The average Bonchev–Trinajstić information content (AvgIpc) is 3.40. The van der Waals surface area contributed by atoms with E-state index in [2.05, 4.69) is 15.5 Å². The van der Waals surface area contributed by atoms with E-state index >= 15 is 0 Å². The zero-order chi connectivity index (χ0) is 22.4. The molecule has 0 spiro atoms. The van der Waals surface area contributed by atoms with Crippen molar-refractivity contribution >= 4 is 27.7 Å². The number of aromatic amines is 1. The van der Waals surface area contributed by atoms with Crippen LogP contribution in [0.3, 0.4) is 0 Å². The number of nitrogens with zero attached hydrogens (tertiary/aromatic N) is 2. The predicted molar refractivity (Wildman–Crippen MR) is 117 cm³/mol. The number of halogens is 2. The molecule has 6 nitrogen and oxygen atoms in total.